The number of anilines is 2. The van der Waals surface area contributed by atoms with Crippen LogP contribution in [0.25, 0.3) is 5.57 Å². The minimum Gasteiger partial charge on any atom is -0.497 e. The van der Waals surface area contributed by atoms with Gasteiger partial charge in [0.1, 0.15) is 9.99 Å². The highest BCUT2D eigenvalue weighted by molar-refractivity contribution is 8.19. The Kier molecular flexibility index (Phi) is 5.73. The van der Waals surface area contributed by atoms with Gasteiger partial charge in [-0.3, -0.25) is 4.99 Å². The molecule has 4 rings (SSSR count). The first-order valence-corrected chi connectivity index (χ1v) is 12.7. The van der Waals surface area contributed by atoms with Crippen LogP contribution in [0.3, 0.4) is 0 Å². The molecule has 0 bridgehead atoms. The van der Waals surface area contributed by atoms with Crippen LogP contribution in [0.2, 0.25) is 0 Å². The summed E-state index contributed by atoms with van der Waals surface area (Å²) in [5.41, 5.74) is 3.71. The second-order valence-corrected chi connectivity index (χ2v) is 10.2. The maximum atomic E-state index is 13.5. The minimum atomic E-state index is -3.71. The van der Waals surface area contributed by atoms with Gasteiger partial charge in [-0.1, -0.05) is 18.2 Å². The third-order valence-corrected chi connectivity index (χ3v) is 9.12. The van der Waals surface area contributed by atoms with Crippen molar-refractivity contribution in [1.29, 1.82) is 0 Å². The van der Waals surface area contributed by atoms with E-state index in [1.54, 1.807) is 19.6 Å². The standard InChI is InChI=1S/C22H20N2O3S3/c1-15-19-14-29-20(13-23-16-9-11-18(27-2)12-10-16)21(19)24(17-7-5-4-6-8-17)30(25,26)22(15)28-3/h4-14H,1-3H3. The summed E-state index contributed by atoms with van der Waals surface area (Å²) in [5.74, 6) is 0.758. The van der Waals surface area contributed by atoms with Gasteiger partial charge in [-0.05, 0) is 55.2 Å². The van der Waals surface area contributed by atoms with Gasteiger partial charge in [-0.2, -0.15) is 0 Å². The fraction of sp³-hybridized carbons (Fsp3) is 0.136. The van der Waals surface area contributed by atoms with E-state index >= 15 is 0 Å². The molecule has 5 nitrogen and oxygen atoms in total. The summed E-state index contributed by atoms with van der Waals surface area (Å²) in [5, 5.41) is 2.00. The van der Waals surface area contributed by atoms with E-state index in [0.717, 1.165) is 27.5 Å². The van der Waals surface area contributed by atoms with E-state index in [0.29, 0.717) is 15.6 Å². The van der Waals surface area contributed by atoms with E-state index in [1.165, 1.54) is 27.4 Å². The van der Waals surface area contributed by atoms with Gasteiger partial charge in [0.15, 0.2) is 0 Å². The molecule has 0 saturated heterocycles. The zero-order chi connectivity index (χ0) is 21.3. The Labute approximate surface area is 184 Å². The number of methoxy groups -OCH3 is 1. The molecule has 0 amide bonds. The SMILES string of the molecule is COc1ccc(N=Cc2scc3c2N(c2ccccc2)S(=O)(=O)C(SC)=C3C)cc1. The van der Waals surface area contributed by atoms with E-state index < -0.39 is 10.0 Å². The quantitative estimate of drug-likeness (QED) is 0.439. The van der Waals surface area contributed by atoms with Gasteiger partial charge in [0.05, 0.1) is 29.0 Å². The van der Waals surface area contributed by atoms with Gasteiger partial charge in [-0.15, -0.1) is 23.1 Å². The number of hydrogen-bond acceptors (Lipinski definition) is 6. The first-order chi connectivity index (χ1) is 14.5. The average Bonchev–Trinajstić information content (AvgIpc) is 3.17. The number of thioether (sulfide) groups is 1. The monoisotopic (exact) mass is 456 g/mol. The molecule has 2 aromatic carbocycles. The molecule has 1 aliphatic heterocycles. The van der Waals surface area contributed by atoms with E-state index in [4.69, 9.17) is 4.74 Å². The highest BCUT2D eigenvalue weighted by Crippen LogP contribution is 2.49. The Bertz CT molecular complexity index is 1230. The number of thiophene rings is 1. The molecular formula is C22H20N2O3S3. The lowest BCUT2D eigenvalue weighted by Crippen LogP contribution is -2.30. The van der Waals surface area contributed by atoms with Crippen molar-refractivity contribution in [1.82, 2.24) is 0 Å². The minimum absolute atomic E-state index is 0.371. The molecule has 0 fully saturated rings. The van der Waals surface area contributed by atoms with Crippen LogP contribution < -0.4 is 9.04 Å². The molecule has 0 aliphatic carbocycles. The topological polar surface area (TPSA) is 59.0 Å². The van der Waals surface area contributed by atoms with Crippen molar-refractivity contribution >= 4 is 62.0 Å². The second kappa shape index (κ2) is 8.29. The van der Waals surface area contributed by atoms with Gasteiger partial charge in [0.25, 0.3) is 10.0 Å². The smallest absolute Gasteiger partial charge is 0.275 e. The molecule has 8 heteroatoms. The number of aliphatic imine (C=N–C) groups is 1. The Morgan fingerprint density at radius 2 is 1.80 bits per heavy atom. The summed E-state index contributed by atoms with van der Waals surface area (Å²) in [6, 6.07) is 16.6. The predicted octanol–water partition coefficient (Wildman–Crippen LogP) is 6.04. The van der Waals surface area contributed by atoms with Crippen LogP contribution >= 0.6 is 23.1 Å². The zero-order valence-corrected chi connectivity index (χ0v) is 19.1. The molecule has 0 saturated carbocycles. The molecule has 1 aliphatic rings. The molecule has 154 valence electrons. The van der Waals surface area contributed by atoms with E-state index in [2.05, 4.69) is 4.99 Å². The van der Waals surface area contributed by atoms with Crippen molar-refractivity contribution in [3.05, 3.63) is 74.7 Å². The lowest BCUT2D eigenvalue weighted by molar-refractivity contribution is 0.415. The third kappa shape index (κ3) is 3.55. The Hall–Kier alpha value is -2.55. The summed E-state index contributed by atoms with van der Waals surface area (Å²) < 4.78 is 34.0. The van der Waals surface area contributed by atoms with Crippen LogP contribution in [0, 0.1) is 0 Å². The molecule has 0 N–H and O–H groups in total. The number of allylic oxidation sites excluding steroid dienone is 1. The number of benzene rings is 2. The number of sulfonamides is 1. The fourth-order valence-electron chi connectivity index (χ4n) is 3.33. The highest BCUT2D eigenvalue weighted by Gasteiger charge is 2.38. The predicted molar refractivity (Wildman–Crippen MR) is 128 cm³/mol. The van der Waals surface area contributed by atoms with Crippen LogP contribution in [-0.4, -0.2) is 28.0 Å². The third-order valence-electron chi connectivity index (χ3n) is 4.76. The van der Waals surface area contributed by atoms with Crippen LogP contribution in [-0.2, 0) is 10.0 Å². The summed E-state index contributed by atoms with van der Waals surface area (Å²) >= 11 is 2.74. The Morgan fingerprint density at radius 1 is 1.10 bits per heavy atom. The number of rotatable bonds is 5. The van der Waals surface area contributed by atoms with E-state index in [9.17, 15) is 8.42 Å². The van der Waals surface area contributed by atoms with Crippen molar-refractivity contribution in [3.8, 4) is 5.75 Å². The summed E-state index contributed by atoms with van der Waals surface area (Å²) in [6.45, 7) is 1.86. The average molecular weight is 457 g/mol. The maximum Gasteiger partial charge on any atom is 0.275 e. The molecular weight excluding hydrogens is 436 g/mol. The van der Waals surface area contributed by atoms with Crippen molar-refractivity contribution in [2.24, 2.45) is 4.99 Å². The Balaban J connectivity index is 1.86. The van der Waals surface area contributed by atoms with Crippen LogP contribution in [0.15, 0.2) is 69.2 Å². The molecule has 0 unspecified atom stereocenters. The summed E-state index contributed by atoms with van der Waals surface area (Å²) in [4.78, 5) is 5.34. The fourth-order valence-corrected chi connectivity index (χ4v) is 7.33. The maximum absolute atomic E-state index is 13.5. The first kappa shape index (κ1) is 20.7. The molecule has 1 aromatic heterocycles. The van der Waals surface area contributed by atoms with E-state index in [-0.39, 0.29) is 0 Å². The Morgan fingerprint density at radius 3 is 2.43 bits per heavy atom. The number of fused-ring (bicyclic) bond motifs is 1. The van der Waals surface area contributed by atoms with Gasteiger partial charge in [0.2, 0.25) is 0 Å². The largest absolute Gasteiger partial charge is 0.497 e. The van der Waals surface area contributed by atoms with Gasteiger partial charge in [0, 0.05) is 17.2 Å². The lowest BCUT2D eigenvalue weighted by Gasteiger charge is -2.31. The zero-order valence-electron chi connectivity index (χ0n) is 16.7. The first-order valence-electron chi connectivity index (χ1n) is 9.12. The molecule has 0 atom stereocenters. The van der Waals surface area contributed by atoms with Gasteiger partial charge in [-0.25, -0.2) is 12.7 Å². The van der Waals surface area contributed by atoms with Crippen molar-refractivity contribution in [2.45, 2.75) is 6.92 Å². The van der Waals surface area contributed by atoms with Crippen molar-refractivity contribution < 1.29 is 13.2 Å². The highest BCUT2D eigenvalue weighted by atomic mass is 32.3. The second-order valence-electron chi connectivity index (χ2n) is 6.54. The van der Waals surface area contributed by atoms with Crippen molar-refractivity contribution in [3.63, 3.8) is 0 Å². The molecule has 2 heterocycles. The number of ether oxygens (including phenoxy) is 1. The van der Waals surface area contributed by atoms with Gasteiger partial charge < -0.3 is 4.74 Å². The summed E-state index contributed by atoms with van der Waals surface area (Å²) in [6.07, 6.45) is 3.52. The molecule has 3 aromatic rings. The lowest BCUT2D eigenvalue weighted by atomic mass is 10.1. The normalized spacial score (nSPS) is 15.5. The van der Waals surface area contributed by atoms with Gasteiger partial charge >= 0.3 is 0 Å². The van der Waals surface area contributed by atoms with Crippen LogP contribution in [0.5, 0.6) is 5.75 Å². The molecule has 0 radical (unpaired) electrons. The number of para-hydroxylation sites is 1. The van der Waals surface area contributed by atoms with Crippen LogP contribution in [0.1, 0.15) is 17.4 Å². The molecule has 0 spiro atoms. The van der Waals surface area contributed by atoms with Crippen LogP contribution in [0.4, 0.5) is 17.1 Å². The molecule has 30 heavy (non-hydrogen) atoms. The van der Waals surface area contributed by atoms with E-state index in [1.807, 2.05) is 66.9 Å². The number of nitrogens with zero attached hydrogens (tertiary/aromatic N) is 2. The summed E-state index contributed by atoms with van der Waals surface area (Å²) in [7, 11) is -2.09. The van der Waals surface area contributed by atoms with Crippen molar-refractivity contribution in [2.75, 3.05) is 17.7 Å². The number of hydrogen-bond donors (Lipinski definition) is 0.